The summed E-state index contributed by atoms with van der Waals surface area (Å²) in [6, 6.07) is 5.90. The highest BCUT2D eigenvalue weighted by atomic mass is 32.2. The molecule has 0 spiro atoms. The molecular formula is C18H24N4O3S. The third-order valence-corrected chi connectivity index (χ3v) is 7.08. The zero-order valence-corrected chi connectivity index (χ0v) is 15.9. The summed E-state index contributed by atoms with van der Waals surface area (Å²) < 4.78 is 29.5. The predicted octanol–water partition coefficient (Wildman–Crippen LogP) is 1.47. The fourth-order valence-electron chi connectivity index (χ4n) is 4.03. The van der Waals surface area contributed by atoms with Crippen LogP contribution in [0, 0.1) is 0 Å². The van der Waals surface area contributed by atoms with Crippen LogP contribution in [0.5, 0.6) is 0 Å². The maximum atomic E-state index is 12.3. The Bertz CT molecular complexity index is 933. The van der Waals surface area contributed by atoms with Crippen LogP contribution in [-0.4, -0.2) is 71.8 Å². The quantitative estimate of drug-likeness (QED) is 0.748. The van der Waals surface area contributed by atoms with Crippen molar-refractivity contribution in [1.29, 1.82) is 0 Å². The number of rotatable bonds is 4. The molecule has 0 aliphatic carbocycles. The number of sulfone groups is 1. The van der Waals surface area contributed by atoms with Crippen molar-refractivity contribution in [1.82, 2.24) is 20.1 Å². The molecule has 0 amide bonds. The average Bonchev–Trinajstić information content (AvgIpc) is 3.17. The van der Waals surface area contributed by atoms with Crippen molar-refractivity contribution < 1.29 is 13.0 Å². The number of hydrogen-bond donors (Lipinski definition) is 0. The summed E-state index contributed by atoms with van der Waals surface area (Å²) >= 11 is 0. The number of piperazine rings is 1. The lowest BCUT2D eigenvalue weighted by Gasteiger charge is -2.43. The molecule has 0 bridgehead atoms. The second-order valence-electron chi connectivity index (χ2n) is 7.51. The minimum Gasteiger partial charge on any atom is -0.293 e. The van der Waals surface area contributed by atoms with Crippen LogP contribution < -0.4 is 0 Å². The number of fused-ring (bicyclic) bond motifs is 2. The normalized spacial score (nSPS) is 26.1. The minimum atomic E-state index is -3.01. The lowest BCUT2D eigenvalue weighted by molar-refractivity contribution is 0.0480. The molecule has 0 saturated carbocycles. The Hall–Kier alpha value is -1.77. The van der Waals surface area contributed by atoms with Crippen molar-refractivity contribution in [3.63, 3.8) is 0 Å². The number of aromatic nitrogens is 2. The third-order valence-electron chi connectivity index (χ3n) is 5.38. The molecule has 2 atom stereocenters. The number of nitrogens with zero attached hydrogens (tertiary/aromatic N) is 4. The summed E-state index contributed by atoms with van der Waals surface area (Å²) in [7, 11) is -3.01. The van der Waals surface area contributed by atoms with Gasteiger partial charge in [-0.15, -0.1) is 0 Å². The topological polar surface area (TPSA) is 79.5 Å². The summed E-state index contributed by atoms with van der Waals surface area (Å²) in [5.41, 5.74) is 3.79. The maximum Gasteiger partial charge on any atom is 0.153 e. The standard InChI is InChI=1S/C18H24N4O3S/c1-13(2)6-7-21-8-9-22(17-12-26(23,24)11-16(17)21)10-14-4-3-5-15-18(14)20-25-19-15/h3-6,16-17H,7-12H2,1-2H3/t16-,17+/m0/s1. The zero-order chi connectivity index (χ0) is 18.3. The molecule has 2 fully saturated rings. The van der Waals surface area contributed by atoms with Crippen LogP contribution in [0.15, 0.2) is 34.5 Å². The Morgan fingerprint density at radius 2 is 1.92 bits per heavy atom. The first-order valence-electron chi connectivity index (χ1n) is 8.95. The van der Waals surface area contributed by atoms with Crippen LogP contribution in [0.4, 0.5) is 0 Å². The first kappa shape index (κ1) is 17.6. The molecule has 7 nitrogen and oxygen atoms in total. The van der Waals surface area contributed by atoms with Crippen LogP contribution >= 0.6 is 0 Å². The summed E-state index contributed by atoms with van der Waals surface area (Å²) in [6.07, 6.45) is 2.18. The molecule has 2 aliphatic rings. The van der Waals surface area contributed by atoms with Crippen molar-refractivity contribution in [2.45, 2.75) is 32.5 Å². The fourth-order valence-corrected chi connectivity index (χ4v) is 6.07. The molecule has 4 rings (SSSR count). The zero-order valence-electron chi connectivity index (χ0n) is 15.1. The van der Waals surface area contributed by atoms with E-state index in [-0.39, 0.29) is 23.6 Å². The molecule has 3 heterocycles. The molecule has 1 aromatic carbocycles. The van der Waals surface area contributed by atoms with Crippen LogP contribution in [-0.2, 0) is 16.4 Å². The van der Waals surface area contributed by atoms with Gasteiger partial charge in [0.2, 0.25) is 0 Å². The Balaban J connectivity index is 1.58. The van der Waals surface area contributed by atoms with Gasteiger partial charge < -0.3 is 0 Å². The summed E-state index contributed by atoms with van der Waals surface area (Å²) in [5, 5.41) is 7.91. The fraction of sp³-hybridized carbons (Fsp3) is 0.556. The lowest BCUT2D eigenvalue weighted by Crippen LogP contribution is -2.58. The van der Waals surface area contributed by atoms with Crippen molar-refractivity contribution >= 4 is 20.9 Å². The van der Waals surface area contributed by atoms with Crippen LogP contribution in [0.3, 0.4) is 0 Å². The van der Waals surface area contributed by atoms with Crippen molar-refractivity contribution in [3.05, 3.63) is 35.4 Å². The first-order valence-corrected chi connectivity index (χ1v) is 10.8. The number of hydrogen-bond acceptors (Lipinski definition) is 7. The van der Waals surface area contributed by atoms with E-state index in [9.17, 15) is 8.42 Å². The maximum absolute atomic E-state index is 12.3. The molecule has 8 heteroatoms. The van der Waals surface area contributed by atoms with E-state index >= 15 is 0 Å². The van der Waals surface area contributed by atoms with E-state index < -0.39 is 9.84 Å². The van der Waals surface area contributed by atoms with E-state index in [0.717, 1.165) is 36.2 Å². The van der Waals surface area contributed by atoms with Gasteiger partial charge in [0.1, 0.15) is 11.0 Å². The third kappa shape index (κ3) is 3.41. The van der Waals surface area contributed by atoms with E-state index in [1.807, 2.05) is 18.2 Å². The highest BCUT2D eigenvalue weighted by Crippen LogP contribution is 2.29. The minimum absolute atomic E-state index is 0.0226. The highest BCUT2D eigenvalue weighted by molar-refractivity contribution is 7.91. The van der Waals surface area contributed by atoms with E-state index in [0.29, 0.717) is 6.54 Å². The molecule has 0 N–H and O–H groups in total. The lowest BCUT2D eigenvalue weighted by atomic mass is 10.0. The second kappa shape index (κ2) is 6.75. The monoisotopic (exact) mass is 376 g/mol. The summed E-state index contributed by atoms with van der Waals surface area (Å²) in [4.78, 5) is 4.61. The molecule has 26 heavy (non-hydrogen) atoms. The highest BCUT2D eigenvalue weighted by Gasteiger charge is 2.46. The molecule has 2 aromatic rings. The molecule has 2 saturated heterocycles. The van der Waals surface area contributed by atoms with E-state index in [1.54, 1.807) is 0 Å². The Kier molecular flexibility index (Phi) is 4.58. The Labute approximate surface area is 153 Å². The van der Waals surface area contributed by atoms with E-state index in [2.05, 4.69) is 40.0 Å². The van der Waals surface area contributed by atoms with Gasteiger partial charge >= 0.3 is 0 Å². The SMILES string of the molecule is CC(C)=CCN1CCN(Cc2cccc3nonc23)[C@@H]2CS(=O)(=O)C[C@@H]21. The average molecular weight is 376 g/mol. The van der Waals surface area contributed by atoms with Crippen LogP contribution in [0.1, 0.15) is 19.4 Å². The molecule has 1 aromatic heterocycles. The summed E-state index contributed by atoms with van der Waals surface area (Å²) in [5.74, 6) is 0.483. The number of benzene rings is 1. The van der Waals surface area contributed by atoms with Gasteiger partial charge in [-0.25, -0.2) is 13.0 Å². The van der Waals surface area contributed by atoms with Gasteiger partial charge in [-0.1, -0.05) is 23.8 Å². The van der Waals surface area contributed by atoms with Crippen molar-refractivity contribution in [3.8, 4) is 0 Å². The van der Waals surface area contributed by atoms with Gasteiger partial charge in [0.15, 0.2) is 9.84 Å². The second-order valence-corrected chi connectivity index (χ2v) is 9.66. The van der Waals surface area contributed by atoms with E-state index in [1.165, 1.54) is 5.57 Å². The molecule has 2 aliphatic heterocycles. The van der Waals surface area contributed by atoms with Gasteiger partial charge in [-0.3, -0.25) is 9.80 Å². The van der Waals surface area contributed by atoms with Gasteiger partial charge in [-0.2, -0.15) is 0 Å². The van der Waals surface area contributed by atoms with Crippen LogP contribution in [0.2, 0.25) is 0 Å². The van der Waals surface area contributed by atoms with Crippen molar-refractivity contribution in [2.24, 2.45) is 0 Å². The van der Waals surface area contributed by atoms with Gasteiger partial charge in [-0.05, 0) is 35.8 Å². The van der Waals surface area contributed by atoms with Gasteiger partial charge in [0.05, 0.1) is 11.5 Å². The largest absolute Gasteiger partial charge is 0.293 e. The molecule has 0 radical (unpaired) electrons. The predicted molar refractivity (Wildman–Crippen MR) is 99.4 cm³/mol. The Morgan fingerprint density at radius 3 is 2.69 bits per heavy atom. The molecular weight excluding hydrogens is 352 g/mol. The van der Waals surface area contributed by atoms with Crippen LogP contribution in [0.25, 0.3) is 11.0 Å². The number of allylic oxidation sites excluding steroid dienone is 1. The van der Waals surface area contributed by atoms with Gasteiger partial charge in [0, 0.05) is 38.3 Å². The van der Waals surface area contributed by atoms with E-state index in [4.69, 9.17) is 4.63 Å². The Morgan fingerprint density at radius 1 is 1.19 bits per heavy atom. The molecule has 0 unspecified atom stereocenters. The van der Waals surface area contributed by atoms with Gasteiger partial charge in [0.25, 0.3) is 0 Å². The summed E-state index contributed by atoms with van der Waals surface area (Å²) in [6.45, 7) is 7.34. The smallest absolute Gasteiger partial charge is 0.153 e. The van der Waals surface area contributed by atoms with Crippen molar-refractivity contribution in [2.75, 3.05) is 31.1 Å². The molecule has 140 valence electrons. The first-order chi connectivity index (χ1) is 12.4.